The lowest BCUT2D eigenvalue weighted by molar-refractivity contribution is 0.495. The van der Waals surface area contributed by atoms with E-state index in [0.29, 0.717) is 10.8 Å². The molecule has 0 aliphatic rings. The summed E-state index contributed by atoms with van der Waals surface area (Å²) in [6, 6.07) is 1.30. The second-order valence-electron chi connectivity index (χ2n) is 2.90. The van der Waals surface area contributed by atoms with Crippen molar-refractivity contribution >= 4 is 11.3 Å². The zero-order valence-corrected chi connectivity index (χ0v) is 7.49. The molecule has 0 saturated carbocycles. The summed E-state index contributed by atoms with van der Waals surface area (Å²) in [5.41, 5.74) is 5.75. The van der Waals surface area contributed by atoms with Gasteiger partial charge in [-0.15, -0.1) is 11.3 Å². The predicted molar refractivity (Wildman–Crippen MR) is 46.0 cm³/mol. The number of nitrogens with two attached hydrogens (primary N) is 1. The Kier molecular flexibility index (Phi) is 2.62. The molecule has 0 radical (unpaired) electrons. The number of rotatable bonds is 2. The zero-order valence-electron chi connectivity index (χ0n) is 6.67. The van der Waals surface area contributed by atoms with Crippen molar-refractivity contribution in [1.82, 2.24) is 0 Å². The van der Waals surface area contributed by atoms with Gasteiger partial charge in [-0.1, -0.05) is 13.8 Å². The van der Waals surface area contributed by atoms with Gasteiger partial charge in [0, 0.05) is 6.04 Å². The predicted octanol–water partition coefficient (Wildman–Crippen LogP) is 2.54. The minimum atomic E-state index is -0.170. The molecule has 3 heteroatoms. The van der Waals surface area contributed by atoms with Crippen LogP contribution < -0.4 is 5.73 Å². The van der Waals surface area contributed by atoms with Gasteiger partial charge in [-0.05, 0) is 17.4 Å². The second-order valence-corrected chi connectivity index (χ2v) is 3.85. The Labute approximate surface area is 70.0 Å². The van der Waals surface area contributed by atoms with E-state index in [2.05, 4.69) is 0 Å². The largest absolute Gasteiger partial charge is 0.323 e. The number of hydrogen-bond donors (Lipinski definition) is 1. The molecule has 0 spiro atoms. The molecule has 1 atom stereocenters. The molecule has 1 aromatic rings. The summed E-state index contributed by atoms with van der Waals surface area (Å²) in [7, 11) is 0. The molecule has 11 heavy (non-hydrogen) atoms. The molecule has 0 bridgehead atoms. The van der Waals surface area contributed by atoms with Crippen LogP contribution in [0.1, 0.15) is 24.8 Å². The van der Waals surface area contributed by atoms with Gasteiger partial charge in [-0.3, -0.25) is 0 Å². The molecule has 0 unspecified atom stereocenters. The Morgan fingerprint density at radius 3 is 2.55 bits per heavy atom. The lowest BCUT2D eigenvalue weighted by Gasteiger charge is -2.13. The van der Waals surface area contributed by atoms with Gasteiger partial charge in [-0.25, -0.2) is 4.39 Å². The third-order valence-corrected chi connectivity index (χ3v) is 2.66. The van der Waals surface area contributed by atoms with Crippen LogP contribution in [0, 0.1) is 11.7 Å². The van der Waals surface area contributed by atoms with Gasteiger partial charge < -0.3 is 5.73 Å². The molecular weight excluding hydrogens is 161 g/mol. The Hall–Kier alpha value is -0.410. The molecule has 0 fully saturated rings. The quantitative estimate of drug-likeness (QED) is 0.730. The van der Waals surface area contributed by atoms with E-state index in [1.54, 1.807) is 5.38 Å². The Balaban J connectivity index is 2.84. The van der Waals surface area contributed by atoms with Crippen LogP contribution in [0.3, 0.4) is 0 Å². The minimum absolute atomic E-state index is 0.157. The van der Waals surface area contributed by atoms with Crippen LogP contribution in [0.4, 0.5) is 4.39 Å². The van der Waals surface area contributed by atoms with Gasteiger partial charge >= 0.3 is 0 Å². The average Bonchev–Trinajstić information content (AvgIpc) is 2.33. The Bertz CT molecular complexity index is 232. The highest BCUT2D eigenvalue weighted by Gasteiger charge is 2.15. The van der Waals surface area contributed by atoms with E-state index >= 15 is 0 Å². The fourth-order valence-electron chi connectivity index (χ4n) is 0.846. The highest BCUT2D eigenvalue weighted by molar-refractivity contribution is 7.10. The van der Waals surface area contributed by atoms with Gasteiger partial charge in [0.1, 0.15) is 5.82 Å². The van der Waals surface area contributed by atoms with E-state index in [4.69, 9.17) is 5.73 Å². The summed E-state index contributed by atoms with van der Waals surface area (Å²) in [5, 5.41) is 1.73. The molecular formula is C8H12FNS. The summed E-state index contributed by atoms with van der Waals surface area (Å²) in [5.74, 6) is 0.124. The number of thiophene rings is 1. The summed E-state index contributed by atoms with van der Waals surface area (Å²) in [4.78, 5) is 0.667. The third kappa shape index (κ3) is 1.79. The average molecular weight is 173 g/mol. The van der Waals surface area contributed by atoms with Crippen LogP contribution in [0.5, 0.6) is 0 Å². The first kappa shape index (κ1) is 8.68. The first-order valence-corrected chi connectivity index (χ1v) is 4.49. The summed E-state index contributed by atoms with van der Waals surface area (Å²) < 4.78 is 12.9. The highest BCUT2D eigenvalue weighted by Crippen LogP contribution is 2.26. The van der Waals surface area contributed by atoms with Gasteiger partial charge in [0.05, 0.1) is 4.88 Å². The maximum Gasteiger partial charge on any atom is 0.138 e. The molecule has 0 aliphatic heterocycles. The third-order valence-electron chi connectivity index (χ3n) is 1.67. The number of hydrogen-bond acceptors (Lipinski definition) is 2. The van der Waals surface area contributed by atoms with Crippen LogP contribution in [-0.2, 0) is 0 Å². The first-order valence-electron chi connectivity index (χ1n) is 3.61. The maximum atomic E-state index is 12.9. The van der Waals surface area contributed by atoms with Crippen LogP contribution in [-0.4, -0.2) is 0 Å². The van der Waals surface area contributed by atoms with Crippen molar-refractivity contribution in [2.24, 2.45) is 11.7 Å². The van der Waals surface area contributed by atoms with Gasteiger partial charge in [-0.2, -0.15) is 0 Å². The molecule has 0 saturated heterocycles. The molecule has 1 nitrogen and oxygen atoms in total. The second kappa shape index (κ2) is 3.32. The van der Waals surface area contributed by atoms with Crippen LogP contribution in [0.15, 0.2) is 11.4 Å². The lowest BCUT2D eigenvalue weighted by atomic mass is 10.0. The van der Waals surface area contributed by atoms with Crippen molar-refractivity contribution in [2.75, 3.05) is 0 Å². The smallest absolute Gasteiger partial charge is 0.138 e. The fourth-order valence-corrected chi connectivity index (χ4v) is 1.79. The monoisotopic (exact) mass is 173 g/mol. The lowest BCUT2D eigenvalue weighted by Crippen LogP contribution is -2.16. The van der Waals surface area contributed by atoms with Gasteiger partial charge in [0.25, 0.3) is 0 Å². The first-order chi connectivity index (χ1) is 5.13. The van der Waals surface area contributed by atoms with E-state index < -0.39 is 0 Å². The topological polar surface area (TPSA) is 26.0 Å². The molecule has 62 valence electrons. The highest BCUT2D eigenvalue weighted by atomic mass is 32.1. The Morgan fingerprint density at radius 2 is 2.18 bits per heavy atom. The van der Waals surface area contributed by atoms with Crippen molar-refractivity contribution in [1.29, 1.82) is 0 Å². The van der Waals surface area contributed by atoms with Crippen molar-refractivity contribution in [3.63, 3.8) is 0 Å². The summed E-state index contributed by atoms with van der Waals surface area (Å²) in [6.07, 6.45) is 0. The van der Waals surface area contributed by atoms with Gasteiger partial charge in [0.15, 0.2) is 0 Å². The van der Waals surface area contributed by atoms with Crippen molar-refractivity contribution in [2.45, 2.75) is 19.9 Å². The van der Waals surface area contributed by atoms with Crippen molar-refractivity contribution in [3.05, 3.63) is 22.1 Å². The van der Waals surface area contributed by atoms with Crippen LogP contribution in [0.25, 0.3) is 0 Å². The molecule has 0 aromatic carbocycles. The SMILES string of the molecule is CC(C)[C@H](N)c1sccc1F. The molecule has 1 heterocycles. The van der Waals surface area contributed by atoms with Crippen LogP contribution in [0.2, 0.25) is 0 Å². The van der Waals surface area contributed by atoms with E-state index in [1.807, 2.05) is 13.8 Å². The Morgan fingerprint density at radius 1 is 1.55 bits per heavy atom. The molecule has 0 amide bonds. The molecule has 2 N–H and O–H groups in total. The van der Waals surface area contributed by atoms with E-state index in [9.17, 15) is 4.39 Å². The summed E-state index contributed by atoms with van der Waals surface area (Å²) in [6.45, 7) is 3.98. The number of halogens is 1. The van der Waals surface area contributed by atoms with Gasteiger partial charge in [0.2, 0.25) is 0 Å². The summed E-state index contributed by atoms with van der Waals surface area (Å²) >= 11 is 1.39. The normalized spacial score (nSPS) is 13.9. The van der Waals surface area contributed by atoms with E-state index in [1.165, 1.54) is 17.4 Å². The van der Waals surface area contributed by atoms with E-state index in [-0.39, 0.29) is 11.9 Å². The zero-order chi connectivity index (χ0) is 8.43. The van der Waals surface area contributed by atoms with Crippen LogP contribution >= 0.6 is 11.3 Å². The molecule has 1 rings (SSSR count). The maximum absolute atomic E-state index is 12.9. The minimum Gasteiger partial charge on any atom is -0.323 e. The van der Waals surface area contributed by atoms with E-state index in [0.717, 1.165) is 0 Å². The van der Waals surface area contributed by atoms with Crippen molar-refractivity contribution in [3.8, 4) is 0 Å². The molecule has 0 aliphatic carbocycles. The standard InChI is InChI=1S/C8H12FNS/c1-5(2)7(10)8-6(9)3-4-11-8/h3-5,7H,10H2,1-2H3/t7-/m0/s1. The fraction of sp³-hybridized carbons (Fsp3) is 0.500. The molecule has 1 aromatic heterocycles. The van der Waals surface area contributed by atoms with Crippen molar-refractivity contribution < 1.29 is 4.39 Å².